The molecule has 4 heteroatoms. The molecule has 3 N–H and O–H groups in total. The van der Waals surface area contributed by atoms with Crippen molar-refractivity contribution in [2.24, 2.45) is 11.1 Å². The van der Waals surface area contributed by atoms with Gasteiger partial charge in [0, 0.05) is 19.1 Å². The SMILES string of the molecule is COC1CCCC(OCCCC(C)(C)C(=N)N)C1. The van der Waals surface area contributed by atoms with E-state index in [1.54, 1.807) is 7.11 Å². The normalized spacial score (nSPS) is 25.1. The molecule has 2 atom stereocenters. The van der Waals surface area contributed by atoms with Gasteiger partial charge >= 0.3 is 0 Å². The molecule has 106 valence electrons. The van der Waals surface area contributed by atoms with Gasteiger partial charge in [0.15, 0.2) is 0 Å². The van der Waals surface area contributed by atoms with Crippen LogP contribution in [0.4, 0.5) is 0 Å². The second-order valence-electron chi connectivity index (χ2n) is 5.92. The summed E-state index contributed by atoms with van der Waals surface area (Å²) in [4.78, 5) is 0. The van der Waals surface area contributed by atoms with Crippen molar-refractivity contribution in [2.75, 3.05) is 13.7 Å². The predicted octanol–water partition coefficient (Wildman–Crippen LogP) is 2.70. The van der Waals surface area contributed by atoms with E-state index in [2.05, 4.69) is 0 Å². The molecule has 0 aliphatic heterocycles. The van der Waals surface area contributed by atoms with Crippen LogP contribution in [0.1, 0.15) is 52.4 Å². The van der Waals surface area contributed by atoms with Crippen LogP contribution in [0.2, 0.25) is 0 Å². The van der Waals surface area contributed by atoms with E-state index in [1.165, 1.54) is 6.42 Å². The first kappa shape index (κ1) is 15.4. The molecule has 0 radical (unpaired) electrons. The maximum absolute atomic E-state index is 7.50. The zero-order valence-electron chi connectivity index (χ0n) is 12.0. The van der Waals surface area contributed by atoms with Gasteiger partial charge in [-0.3, -0.25) is 5.41 Å². The molecule has 1 aliphatic rings. The van der Waals surface area contributed by atoms with Gasteiger partial charge in [0.05, 0.1) is 18.0 Å². The summed E-state index contributed by atoms with van der Waals surface area (Å²) in [6, 6.07) is 0. The average molecular weight is 256 g/mol. The largest absolute Gasteiger partial charge is 0.387 e. The summed E-state index contributed by atoms with van der Waals surface area (Å²) in [5.74, 6) is 0.264. The number of nitrogens with one attached hydrogen (secondary N) is 1. The molecular formula is C14H28N2O2. The Balaban J connectivity index is 2.16. The lowest BCUT2D eigenvalue weighted by Gasteiger charge is -2.29. The van der Waals surface area contributed by atoms with Crippen molar-refractivity contribution >= 4 is 5.84 Å². The Morgan fingerprint density at radius 2 is 2.00 bits per heavy atom. The summed E-state index contributed by atoms with van der Waals surface area (Å²) < 4.78 is 11.3. The van der Waals surface area contributed by atoms with Gasteiger partial charge in [-0.05, 0) is 38.5 Å². The van der Waals surface area contributed by atoms with Crippen LogP contribution < -0.4 is 5.73 Å². The van der Waals surface area contributed by atoms with E-state index in [9.17, 15) is 0 Å². The fraction of sp³-hybridized carbons (Fsp3) is 0.929. The molecule has 0 spiro atoms. The van der Waals surface area contributed by atoms with Crippen LogP contribution in [0.3, 0.4) is 0 Å². The molecule has 4 nitrogen and oxygen atoms in total. The molecule has 0 heterocycles. The van der Waals surface area contributed by atoms with Crippen LogP contribution in [-0.4, -0.2) is 31.8 Å². The third kappa shape index (κ3) is 4.94. The summed E-state index contributed by atoms with van der Waals surface area (Å²) in [7, 11) is 1.78. The second kappa shape index (κ2) is 7.10. The first-order chi connectivity index (χ1) is 8.45. The lowest BCUT2D eigenvalue weighted by Crippen LogP contribution is -2.31. The van der Waals surface area contributed by atoms with Gasteiger partial charge in [0.25, 0.3) is 0 Å². The van der Waals surface area contributed by atoms with Crippen molar-refractivity contribution in [1.29, 1.82) is 5.41 Å². The topological polar surface area (TPSA) is 68.3 Å². The Bertz CT molecular complexity index is 267. The van der Waals surface area contributed by atoms with E-state index in [1.807, 2.05) is 13.8 Å². The number of ether oxygens (including phenoxy) is 2. The minimum atomic E-state index is -0.203. The van der Waals surface area contributed by atoms with E-state index in [0.29, 0.717) is 12.2 Å². The maximum Gasteiger partial charge on any atom is 0.0963 e. The van der Waals surface area contributed by atoms with Crippen LogP contribution >= 0.6 is 0 Å². The third-order valence-corrected chi connectivity index (χ3v) is 3.94. The molecular weight excluding hydrogens is 228 g/mol. The highest BCUT2D eigenvalue weighted by atomic mass is 16.5. The molecule has 2 unspecified atom stereocenters. The van der Waals surface area contributed by atoms with E-state index < -0.39 is 0 Å². The molecule has 0 aromatic carbocycles. The average Bonchev–Trinajstić information content (AvgIpc) is 2.35. The number of amidine groups is 1. The van der Waals surface area contributed by atoms with Gasteiger partial charge in [0.1, 0.15) is 0 Å². The number of hydrogen-bond acceptors (Lipinski definition) is 3. The van der Waals surface area contributed by atoms with E-state index in [4.69, 9.17) is 20.6 Å². The highest BCUT2D eigenvalue weighted by molar-refractivity contribution is 5.82. The Hall–Kier alpha value is -0.610. The van der Waals surface area contributed by atoms with Gasteiger partial charge in [-0.2, -0.15) is 0 Å². The number of methoxy groups -OCH3 is 1. The van der Waals surface area contributed by atoms with Gasteiger partial charge in [-0.15, -0.1) is 0 Å². The molecule has 1 fully saturated rings. The van der Waals surface area contributed by atoms with E-state index in [0.717, 1.165) is 38.7 Å². The molecule has 0 aromatic rings. The molecule has 1 saturated carbocycles. The summed E-state index contributed by atoms with van der Waals surface area (Å²) in [6.07, 6.45) is 7.11. The van der Waals surface area contributed by atoms with Crippen molar-refractivity contribution in [3.63, 3.8) is 0 Å². The van der Waals surface area contributed by atoms with Crippen molar-refractivity contribution in [1.82, 2.24) is 0 Å². The smallest absolute Gasteiger partial charge is 0.0963 e. The van der Waals surface area contributed by atoms with Gasteiger partial charge in [-0.25, -0.2) is 0 Å². The van der Waals surface area contributed by atoms with E-state index in [-0.39, 0.29) is 11.3 Å². The fourth-order valence-electron chi connectivity index (χ4n) is 2.37. The van der Waals surface area contributed by atoms with Crippen LogP contribution in [0, 0.1) is 10.8 Å². The predicted molar refractivity (Wildman–Crippen MR) is 73.9 cm³/mol. The molecule has 0 aromatic heterocycles. The number of hydrogen-bond donors (Lipinski definition) is 2. The van der Waals surface area contributed by atoms with Crippen molar-refractivity contribution in [3.05, 3.63) is 0 Å². The fourth-order valence-corrected chi connectivity index (χ4v) is 2.37. The van der Waals surface area contributed by atoms with Crippen molar-refractivity contribution < 1.29 is 9.47 Å². The Labute approximate surface area is 111 Å². The van der Waals surface area contributed by atoms with Crippen LogP contribution in [0.25, 0.3) is 0 Å². The lowest BCUT2D eigenvalue weighted by molar-refractivity contribution is -0.0310. The zero-order chi connectivity index (χ0) is 13.6. The summed E-state index contributed by atoms with van der Waals surface area (Å²) in [5.41, 5.74) is 5.35. The first-order valence-electron chi connectivity index (χ1n) is 6.94. The van der Waals surface area contributed by atoms with Gasteiger partial charge in [0.2, 0.25) is 0 Å². The highest BCUT2D eigenvalue weighted by Crippen LogP contribution is 2.25. The second-order valence-corrected chi connectivity index (χ2v) is 5.92. The number of nitrogens with two attached hydrogens (primary N) is 1. The quantitative estimate of drug-likeness (QED) is 0.418. The summed E-state index contributed by atoms with van der Waals surface area (Å²) in [6.45, 7) is 4.78. The molecule has 0 amide bonds. The van der Waals surface area contributed by atoms with Gasteiger partial charge in [-0.1, -0.05) is 13.8 Å². The monoisotopic (exact) mass is 256 g/mol. The third-order valence-electron chi connectivity index (χ3n) is 3.94. The summed E-state index contributed by atoms with van der Waals surface area (Å²) in [5, 5.41) is 7.50. The van der Waals surface area contributed by atoms with Crippen molar-refractivity contribution in [3.8, 4) is 0 Å². The molecule has 0 saturated heterocycles. The van der Waals surface area contributed by atoms with Crippen LogP contribution in [0.15, 0.2) is 0 Å². The van der Waals surface area contributed by atoms with Gasteiger partial charge < -0.3 is 15.2 Å². The Morgan fingerprint density at radius 3 is 2.61 bits per heavy atom. The first-order valence-corrected chi connectivity index (χ1v) is 6.94. The lowest BCUT2D eigenvalue weighted by atomic mass is 9.87. The summed E-state index contributed by atoms with van der Waals surface area (Å²) >= 11 is 0. The zero-order valence-corrected chi connectivity index (χ0v) is 12.0. The minimum Gasteiger partial charge on any atom is -0.387 e. The standard InChI is InChI=1S/C14H28N2O2/c1-14(2,13(15)16)8-5-9-18-12-7-4-6-11(10-12)17-3/h11-12H,4-10H2,1-3H3,(H3,15,16). The molecule has 1 aliphatic carbocycles. The highest BCUT2D eigenvalue weighted by Gasteiger charge is 2.23. The Kier molecular flexibility index (Phi) is 6.09. The van der Waals surface area contributed by atoms with Crippen molar-refractivity contribution in [2.45, 2.75) is 64.6 Å². The Morgan fingerprint density at radius 1 is 1.33 bits per heavy atom. The number of rotatable bonds is 7. The van der Waals surface area contributed by atoms with E-state index >= 15 is 0 Å². The molecule has 1 rings (SSSR count). The van der Waals surface area contributed by atoms with Crippen LogP contribution in [-0.2, 0) is 9.47 Å². The van der Waals surface area contributed by atoms with Crippen LogP contribution in [0.5, 0.6) is 0 Å². The molecule has 0 bridgehead atoms. The minimum absolute atomic E-state index is 0.203. The maximum atomic E-state index is 7.50. The molecule has 18 heavy (non-hydrogen) atoms.